The Hall–Kier alpha value is -2.48. The zero-order valence-corrected chi connectivity index (χ0v) is 15.6. The van der Waals surface area contributed by atoms with Crippen LogP contribution in [0.15, 0.2) is 12.1 Å². The molecule has 1 aliphatic rings. The molecule has 1 aliphatic carbocycles. The van der Waals surface area contributed by atoms with Crippen molar-refractivity contribution in [1.29, 1.82) is 0 Å². The molecule has 2 aromatic rings. The zero-order chi connectivity index (χ0) is 18.7. The molecule has 26 heavy (non-hydrogen) atoms. The zero-order valence-electron chi connectivity index (χ0n) is 15.6. The molecule has 0 atom stereocenters. The number of aromatic nitrogens is 4. The van der Waals surface area contributed by atoms with Crippen molar-refractivity contribution < 1.29 is 14.3 Å². The standard InChI is InChI=1S/C18H25N5O3/c1-11-9-14(20-17(19-11)21-15-10-12(2)22-23-15)13-5-7-18(26-4,8-6-13)16(24)25-3/h9-10,13H,5-8H2,1-4H3,(H2,19,20,21,22,23). The number of carbonyl (C=O) groups is 1. The summed E-state index contributed by atoms with van der Waals surface area (Å²) in [5, 5.41) is 10.2. The quantitative estimate of drug-likeness (QED) is 0.791. The van der Waals surface area contributed by atoms with E-state index in [2.05, 4.69) is 25.5 Å². The van der Waals surface area contributed by atoms with Crippen molar-refractivity contribution in [2.45, 2.75) is 51.0 Å². The summed E-state index contributed by atoms with van der Waals surface area (Å²) in [6.45, 7) is 3.88. The van der Waals surface area contributed by atoms with E-state index in [1.807, 2.05) is 26.0 Å². The number of aryl methyl sites for hydroxylation is 2. The van der Waals surface area contributed by atoms with Gasteiger partial charge in [0.25, 0.3) is 0 Å². The molecule has 0 aliphatic heterocycles. The first-order valence-electron chi connectivity index (χ1n) is 8.74. The van der Waals surface area contributed by atoms with Gasteiger partial charge in [0, 0.05) is 36.2 Å². The van der Waals surface area contributed by atoms with Gasteiger partial charge in [-0.1, -0.05) is 0 Å². The van der Waals surface area contributed by atoms with Crippen LogP contribution in [0.1, 0.15) is 48.7 Å². The third-order valence-corrected chi connectivity index (χ3v) is 4.98. The number of methoxy groups -OCH3 is 2. The Bertz CT molecular complexity index is 781. The third-order valence-electron chi connectivity index (χ3n) is 4.98. The van der Waals surface area contributed by atoms with E-state index >= 15 is 0 Å². The number of aromatic amines is 1. The molecule has 1 saturated carbocycles. The van der Waals surface area contributed by atoms with E-state index in [9.17, 15) is 4.79 Å². The van der Waals surface area contributed by atoms with Gasteiger partial charge in [-0.05, 0) is 45.6 Å². The molecular formula is C18H25N5O3. The van der Waals surface area contributed by atoms with Gasteiger partial charge in [-0.25, -0.2) is 14.8 Å². The number of hydrogen-bond donors (Lipinski definition) is 2. The smallest absolute Gasteiger partial charge is 0.338 e. The van der Waals surface area contributed by atoms with Gasteiger partial charge in [0.2, 0.25) is 5.95 Å². The average Bonchev–Trinajstić information content (AvgIpc) is 3.05. The van der Waals surface area contributed by atoms with Crippen LogP contribution in [0.4, 0.5) is 11.8 Å². The number of ether oxygens (including phenoxy) is 2. The highest BCUT2D eigenvalue weighted by atomic mass is 16.6. The predicted molar refractivity (Wildman–Crippen MR) is 96.3 cm³/mol. The Morgan fingerprint density at radius 2 is 1.96 bits per heavy atom. The number of hydrogen-bond acceptors (Lipinski definition) is 7. The number of nitrogens with one attached hydrogen (secondary N) is 2. The highest BCUT2D eigenvalue weighted by Crippen LogP contribution is 2.40. The highest BCUT2D eigenvalue weighted by molar-refractivity contribution is 5.79. The summed E-state index contributed by atoms with van der Waals surface area (Å²) in [7, 11) is 2.97. The molecule has 0 spiro atoms. The second-order valence-electron chi connectivity index (χ2n) is 6.78. The molecule has 2 heterocycles. The Morgan fingerprint density at radius 1 is 1.23 bits per heavy atom. The van der Waals surface area contributed by atoms with Crippen molar-refractivity contribution in [2.24, 2.45) is 0 Å². The summed E-state index contributed by atoms with van der Waals surface area (Å²) >= 11 is 0. The van der Waals surface area contributed by atoms with Gasteiger partial charge in [-0.15, -0.1) is 0 Å². The van der Waals surface area contributed by atoms with Gasteiger partial charge in [0.05, 0.1) is 7.11 Å². The van der Waals surface area contributed by atoms with Crippen molar-refractivity contribution in [3.05, 3.63) is 29.2 Å². The topological polar surface area (TPSA) is 102 Å². The molecule has 8 nitrogen and oxygen atoms in total. The summed E-state index contributed by atoms with van der Waals surface area (Å²) in [6.07, 6.45) is 2.84. The fourth-order valence-electron chi connectivity index (χ4n) is 3.51. The molecule has 0 saturated heterocycles. The molecule has 3 rings (SSSR count). The molecule has 1 fully saturated rings. The van der Waals surface area contributed by atoms with Crippen molar-refractivity contribution in [3.8, 4) is 0 Å². The molecule has 0 aromatic carbocycles. The second-order valence-corrected chi connectivity index (χ2v) is 6.78. The lowest BCUT2D eigenvalue weighted by Gasteiger charge is -2.36. The van der Waals surface area contributed by atoms with E-state index in [4.69, 9.17) is 9.47 Å². The Kier molecular flexibility index (Phi) is 5.22. The maximum atomic E-state index is 12.1. The van der Waals surface area contributed by atoms with Gasteiger partial charge in [0.1, 0.15) is 0 Å². The van der Waals surface area contributed by atoms with E-state index in [1.54, 1.807) is 7.11 Å². The fourth-order valence-corrected chi connectivity index (χ4v) is 3.51. The number of carbonyl (C=O) groups excluding carboxylic acids is 1. The molecular weight excluding hydrogens is 334 g/mol. The minimum absolute atomic E-state index is 0.256. The molecule has 8 heteroatoms. The Balaban J connectivity index is 1.75. The van der Waals surface area contributed by atoms with E-state index in [0.29, 0.717) is 24.6 Å². The van der Waals surface area contributed by atoms with Gasteiger partial charge >= 0.3 is 5.97 Å². The van der Waals surface area contributed by atoms with Gasteiger partial charge < -0.3 is 14.8 Å². The number of esters is 1. The molecule has 2 N–H and O–H groups in total. The Morgan fingerprint density at radius 3 is 2.54 bits per heavy atom. The van der Waals surface area contributed by atoms with E-state index in [-0.39, 0.29) is 11.9 Å². The fraction of sp³-hybridized carbons (Fsp3) is 0.556. The summed E-state index contributed by atoms with van der Waals surface area (Å²) in [5.74, 6) is 1.18. The van der Waals surface area contributed by atoms with E-state index < -0.39 is 5.60 Å². The van der Waals surface area contributed by atoms with Crippen molar-refractivity contribution in [1.82, 2.24) is 20.2 Å². The monoisotopic (exact) mass is 359 g/mol. The highest BCUT2D eigenvalue weighted by Gasteiger charge is 2.43. The first kappa shape index (κ1) is 18.3. The van der Waals surface area contributed by atoms with Crippen LogP contribution < -0.4 is 5.32 Å². The van der Waals surface area contributed by atoms with Crippen molar-refractivity contribution >= 4 is 17.7 Å². The minimum Gasteiger partial charge on any atom is -0.467 e. The van der Waals surface area contributed by atoms with Gasteiger partial charge in [-0.3, -0.25) is 5.10 Å². The van der Waals surface area contributed by atoms with Crippen LogP contribution in [0.25, 0.3) is 0 Å². The van der Waals surface area contributed by atoms with E-state index in [0.717, 1.165) is 29.9 Å². The maximum Gasteiger partial charge on any atom is 0.338 e. The van der Waals surface area contributed by atoms with Crippen molar-refractivity contribution in [2.75, 3.05) is 19.5 Å². The lowest BCUT2D eigenvalue weighted by atomic mass is 9.77. The SMILES string of the molecule is COC(=O)C1(OC)CCC(c2cc(C)nc(Nc3cc(C)[nH]n3)n2)CC1. The Labute approximate surface area is 152 Å². The van der Waals surface area contributed by atoms with Crippen LogP contribution in [0.5, 0.6) is 0 Å². The van der Waals surface area contributed by atoms with Crippen LogP contribution in [0.2, 0.25) is 0 Å². The van der Waals surface area contributed by atoms with Crippen LogP contribution in [-0.2, 0) is 14.3 Å². The second kappa shape index (κ2) is 7.41. The van der Waals surface area contributed by atoms with Crippen LogP contribution >= 0.6 is 0 Å². The van der Waals surface area contributed by atoms with Crippen molar-refractivity contribution in [3.63, 3.8) is 0 Å². The molecule has 2 aromatic heterocycles. The minimum atomic E-state index is -0.832. The molecule has 0 bridgehead atoms. The number of H-pyrrole nitrogens is 1. The normalized spacial score (nSPS) is 22.8. The summed E-state index contributed by atoms with van der Waals surface area (Å²) < 4.78 is 10.4. The largest absolute Gasteiger partial charge is 0.467 e. The predicted octanol–water partition coefficient (Wildman–Crippen LogP) is 2.78. The summed E-state index contributed by atoms with van der Waals surface area (Å²) in [5.41, 5.74) is 2.00. The first-order valence-corrected chi connectivity index (χ1v) is 8.74. The third kappa shape index (κ3) is 3.70. The lowest BCUT2D eigenvalue weighted by molar-refractivity contribution is -0.170. The summed E-state index contributed by atoms with van der Waals surface area (Å²) in [4.78, 5) is 21.2. The van der Waals surface area contributed by atoms with Crippen LogP contribution in [-0.4, -0.2) is 46.0 Å². The average molecular weight is 359 g/mol. The number of nitrogens with zero attached hydrogens (tertiary/aromatic N) is 3. The van der Waals surface area contributed by atoms with E-state index in [1.165, 1.54) is 7.11 Å². The molecule has 0 radical (unpaired) electrons. The van der Waals surface area contributed by atoms with Crippen LogP contribution in [0, 0.1) is 13.8 Å². The van der Waals surface area contributed by atoms with Gasteiger partial charge in [0.15, 0.2) is 11.4 Å². The maximum absolute atomic E-state index is 12.1. The number of rotatable bonds is 5. The van der Waals surface area contributed by atoms with Crippen LogP contribution in [0.3, 0.4) is 0 Å². The molecule has 0 amide bonds. The van der Waals surface area contributed by atoms with Gasteiger partial charge in [-0.2, -0.15) is 5.10 Å². The molecule has 0 unspecified atom stereocenters. The lowest BCUT2D eigenvalue weighted by Crippen LogP contribution is -2.44. The summed E-state index contributed by atoms with van der Waals surface area (Å²) in [6, 6.07) is 3.90. The molecule has 140 valence electrons. The number of anilines is 2. The first-order chi connectivity index (χ1) is 12.5.